The van der Waals surface area contributed by atoms with E-state index in [1.54, 1.807) is 7.11 Å². The Bertz CT molecular complexity index is 606. The standard InChI is InChI=1S/C21H29NO2/c1-24-20-8-4-7-16-17-13-14-22(19(17)11-10-18(16)20)21(23)12-9-15-5-2-3-6-15/h4,7-8,15,17,19H,2-3,5-6,9-14H2,1H3/t17-,19+/m0/s1. The number of benzene rings is 1. The monoisotopic (exact) mass is 327 g/mol. The zero-order valence-electron chi connectivity index (χ0n) is 14.8. The van der Waals surface area contributed by atoms with Gasteiger partial charge in [-0.1, -0.05) is 37.8 Å². The molecule has 4 rings (SSSR count). The molecule has 0 spiro atoms. The highest BCUT2D eigenvalue weighted by atomic mass is 16.5. The van der Waals surface area contributed by atoms with Gasteiger partial charge in [0.1, 0.15) is 5.75 Å². The van der Waals surface area contributed by atoms with Gasteiger partial charge in [-0.05, 0) is 48.8 Å². The van der Waals surface area contributed by atoms with E-state index >= 15 is 0 Å². The molecule has 0 aromatic heterocycles. The molecule has 2 atom stereocenters. The van der Waals surface area contributed by atoms with E-state index in [2.05, 4.69) is 23.1 Å². The largest absolute Gasteiger partial charge is 0.496 e. The number of hydrogen-bond donors (Lipinski definition) is 0. The fraction of sp³-hybridized carbons (Fsp3) is 0.667. The van der Waals surface area contributed by atoms with E-state index in [1.807, 2.05) is 0 Å². The Morgan fingerprint density at radius 1 is 1.21 bits per heavy atom. The average Bonchev–Trinajstić information content (AvgIpc) is 3.28. The van der Waals surface area contributed by atoms with Gasteiger partial charge >= 0.3 is 0 Å². The normalized spacial score (nSPS) is 26.3. The van der Waals surface area contributed by atoms with Crippen LogP contribution < -0.4 is 4.74 Å². The molecule has 24 heavy (non-hydrogen) atoms. The van der Waals surface area contributed by atoms with E-state index in [-0.39, 0.29) is 0 Å². The molecule has 3 aliphatic rings. The van der Waals surface area contributed by atoms with Crippen molar-refractivity contribution in [3.05, 3.63) is 29.3 Å². The summed E-state index contributed by atoms with van der Waals surface area (Å²) in [5.74, 6) is 2.75. The minimum atomic E-state index is 0.403. The SMILES string of the molecule is COc1cccc2c1CC[C@@H]1[C@H]2CCN1C(=O)CCC1CCCC1. The smallest absolute Gasteiger partial charge is 0.222 e. The van der Waals surface area contributed by atoms with Gasteiger partial charge in [-0.15, -0.1) is 0 Å². The molecule has 1 aliphatic heterocycles. The number of methoxy groups -OCH3 is 1. The van der Waals surface area contributed by atoms with Crippen molar-refractivity contribution in [3.63, 3.8) is 0 Å². The second kappa shape index (κ2) is 6.78. The minimum absolute atomic E-state index is 0.403. The van der Waals surface area contributed by atoms with E-state index in [0.717, 1.165) is 50.3 Å². The summed E-state index contributed by atoms with van der Waals surface area (Å²) in [6.07, 6.45) is 10.5. The first-order valence-corrected chi connectivity index (χ1v) is 9.73. The number of likely N-dealkylation sites (tertiary alicyclic amines) is 1. The van der Waals surface area contributed by atoms with Crippen molar-refractivity contribution in [2.24, 2.45) is 5.92 Å². The summed E-state index contributed by atoms with van der Waals surface area (Å²) in [5.41, 5.74) is 2.80. The number of carbonyl (C=O) groups is 1. The second-order valence-corrected chi connectivity index (χ2v) is 7.81. The van der Waals surface area contributed by atoms with Crippen LogP contribution in [0.4, 0.5) is 0 Å². The van der Waals surface area contributed by atoms with Crippen molar-refractivity contribution < 1.29 is 9.53 Å². The first-order valence-electron chi connectivity index (χ1n) is 9.73. The van der Waals surface area contributed by atoms with Crippen LogP contribution in [0.15, 0.2) is 18.2 Å². The molecule has 0 N–H and O–H groups in total. The van der Waals surface area contributed by atoms with Crippen molar-refractivity contribution in [2.75, 3.05) is 13.7 Å². The van der Waals surface area contributed by atoms with Crippen LogP contribution in [0.5, 0.6) is 5.75 Å². The van der Waals surface area contributed by atoms with Crippen LogP contribution in [0.3, 0.4) is 0 Å². The molecule has 3 nitrogen and oxygen atoms in total. The molecule has 3 heteroatoms. The van der Waals surface area contributed by atoms with Crippen LogP contribution in [0.2, 0.25) is 0 Å². The molecule has 2 fully saturated rings. The molecule has 0 unspecified atom stereocenters. The maximum atomic E-state index is 12.8. The van der Waals surface area contributed by atoms with Crippen molar-refractivity contribution in [2.45, 2.75) is 69.7 Å². The van der Waals surface area contributed by atoms with Gasteiger partial charge in [0.2, 0.25) is 5.91 Å². The van der Waals surface area contributed by atoms with Gasteiger partial charge in [-0.25, -0.2) is 0 Å². The van der Waals surface area contributed by atoms with Gasteiger partial charge in [-0.2, -0.15) is 0 Å². The number of amides is 1. The molecule has 0 radical (unpaired) electrons. The minimum Gasteiger partial charge on any atom is -0.496 e. The second-order valence-electron chi connectivity index (χ2n) is 7.81. The van der Waals surface area contributed by atoms with E-state index in [9.17, 15) is 4.79 Å². The molecular formula is C21H29NO2. The summed E-state index contributed by atoms with van der Waals surface area (Å²) in [7, 11) is 1.76. The first kappa shape index (κ1) is 16.0. The number of hydrogen-bond acceptors (Lipinski definition) is 2. The lowest BCUT2D eigenvalue weighted by molar-refractivity contribution is -0.132. The lowest BCUT2D eigenvalue weighted by Crippen LogP contribution is -2.39. The summed E-state index contributed by atoms with van der Waals surface area (Å²) in [6, 6.07) is 6.84. The van der Waals surface area contributed by atoms with Crippen LogP contribution in [0.25, 0.3) is 0 Å². The molecule has 1 aromatic carbocycles. The average molecular weight is 327 g/mol. The highest BCUT2D eigenvalue weighted by Gasteiger charge is 2.41. The summed E-state index contributed by atoms with van der Waals surface area (Å²) in [4.78, 5) is 15.0. The molecule has 1 amide bonds. The Morgan fingerprint density at radius 2 is 2.04 bits per heavy atom. The van der Waals surface area contributed by atoms with Crippen LogP contribution >= 0.6 is 0 Å². The third kappa shape index (κ3) is 2.82. The van der Waals surface area contributed by atoms with Crippen LogP contribution in [0.1, 0.15) is 68.4 Å². The predicted molar refractivity (Wildman–Crippen MR) is 95.4 cm³/mol. The number of rotatable bonds is 4. The summed E-state index contributed by atoms with van der Waals surface area (Å²) in [6.45, 7) is 0.940. The van der Waals surface area contributed by atoms with E-state index in [0.29, 0.717) is 17.9 Å². The number of nitrogens with zero attached hydrogens (tertiary/aromatic N) is 1. The Morgan fingerprint density at radius 3 is 2.83 bits per heavy atom. The number of fused-ring (bicyclic) bond motifs is 3. The highest BCUT2D eigenvalue weighted by Crippen LogP contribution is 2.44. The number of carbonyl (C=O) groups excluding carboxylic acids is 1. The quantitative estimate of drug-likeness (QED) is 0.825. The third-order valence-electron chi connectivity index (χ3n) is 6.59. The van der Waals surface area contributed by atoms with Crippen LogP contribution in [-0.4, -0.2) is 30.5 Å². The molecule has 1 saturated carbocycles. The van der Waals surface area contributed by atoms with Gasteiger partial charge < -0.3 is 9.64 Å². The Kier molecular flexibility index (Phi) is 4.51. The van der Waals surface area contributed by atoms with Gasteiger partial charge in [0, 0.05) is 24.9 Å². The van der Waals surface area contributed by atoms with Crippen LogP contribution in [-0.2, 0) is 11.2 Å². The lowest BCUT2D eigenvalue weighted by atomic mass is 9.79. The topological polar surface area (TPSA) is 29.5 Å². The van der Waals surface area contributed by atoms with Crippen molar-refractivity contribution >= 4 is 5.91 Å². The summed E-state index contributed by atoms with van der Waals surface area (Å²) < 4.78 is 5.55. The maximum absolute atomic E-state index is 12.8. The summed E-state index contributed by atoms with van der Waals surface area (Å²) in [5, 5.41) is 0. The van der Waals surface area contributed by atoms with Crippen molar-refractivity contribution in [3.8, 4) is 5.75 Å². The zero-order valence-corrected chi connectivity index (χ0v) is 14.8. The van der Waals surface area contributed by atoms with Gasteiger partial charge in [0.25, 0.3) is 0 Å². The fourth-order valence-corrected chi connectivity index (χ4v) is 5.33. The Labute approximate surface area is 145 Å². The van der Waals surface area contributed by atoms with Gasteiger partial charge in [0.05, 0.1) is 7.11 Å². The van der Waals surface area contributed by atoms with Crippen molar-refractivity contribution in [1.82, 2.24) is 4.90 Å². The summed E-state index contributed by atoms with van der Waals surface area (Å²) >= 11 is 0. The molecule has 1 aromatic rings. The maximum Gasteiger partial charge on any atom is 0.222 e. The molecule has 1 saturated heterocycles. The van der Waals surface area contributed by atoms with Crippen LogP contribution in [0, 0.1) is 5.92 Å². The zero-order chi connectivity index (χ0) is 16.5. The fourth-order valence-electron chi connectivity index (χ4n) is 5.33. The van der Waals surface area contributed by atoms with Gasteiger partial charge in [0.15, 0.2) is 0 Å². The van der Waals surface area contributed by atoms with Crippen molar-refractivity contribution in [1.29, 1.82) is 0 Å². The predicted octanol–water partition coefficient (Wildman–Crippen LogP) is 4.30. The Hall–Kier alpha value is -1.51. The molecule has 130 valence electrons. The third-order valence-corrected chi connectivity index (χ3v) is 6.59. The van der Waals surface area contributed by atoms with E-state index in [4.69, 9.17) is 4.74 Å². The van der Waals surface area contributed by atoms with E-state index in [1.165, 1.54) is 36.8 Å². The highest BCUT2D eigenvalue weighted by molar-refractivity contribution is 5.77. The number of ether oxygens (including phenoxy) is 1. The molecule has 1 heterocycles. The molecular weight excluding hydrogens is 298 g/mol. The van der Waals surface area contributed by atoms with E-state index < -0.39 is 0 Å². The Balaban J connectivity index is 1.44. The molecule has 0 bridgehead atoms. The molecule has 2 aliphatic carbocycles. The lowest BCUT2D eigenvalue weighted by Gasteiger charge is -2.34. The first-order chi connectivity index (χ1) is 11.8. The van der Waals surface area contributed by atoms with Gasteiger partial charge in [-0.3, -0.25) is 4.79 Å².